The molecular weight excluding hydrogens is 340 g/mol. The van der Waals surface area contributed by atoms with E-state index in [1.165, 1.54) is 54.3 Å². The van der Waals surface area contributed by atoms with Gasteiger partial charge in [0, 0.05) is 41.3 Å². The van der Waals surface area contributed by atoms with Crippen molar-refractivity contribution in [3.8, 4) is 0 Å². The molecule has 1 unspecified atom stereocenters. The van der Waals surface area contributed by atoms with Gasteiger partial charge in [-0.3, -0.25) is 4.90 Å². The molecule has 5 rings (SSSR count). The molecule has 0 N–H and O–H groups in total. The lowest BCUT2D eigenvalue weighted by atomic mass is 9.90. The van der Waals surface area contributed by atoms with E-state index in [1.807, 2.05) is 12.1 Å². The Balaban J connectivity index is 1.58. The SMILES string of the molecule is Cc1ccc2c(c1)c1c3n2CCCN(Cc2ccc(Cl)cc2)C3CCC1. The maximum atomic E-state index is 6.07. The summed E-state index contributed by atoms with van der Waals surface area (Å²) in [5.41, 5.74) is 7.39. The number of halogens is 1. The van der Waals surface area contributed by atoms with Crippen LogP contribution in [0.2, 0.25) is 5.02 Å². The highest BCUT2D eigenvalue weighted by molar-refractivity contribution is 6.30. The van der Waals surface area contributed by atoms with Crippen LogP contribution in [0.1, 0.15) is 47.7 Å². The van der Waals surface area contributed by atoms with Gasteiger partial charge in [0.25, 0.3) is 0 Å². The fraction of sp³-hybridized carbons (Fsp3) is 0.391. The van der Waals surface area contributed by atoms with Gasteiger partial charge in [0.2, 0.25) is 0 Å². The molecule has 3 aromatic rings. The van der Waals surface area contributed by atoms with E-state index in [1.54, 1.807) is 11.3 Å². The highest BCUT2D eigenvalue weighted by Gasteiger charge is 2.33. The molecule has 0 saturated carbocycles. The summed E-state index contributed by atoms with van der Waals surface area (Å²) in [4.78, 5) is 2.70. The van der Waals surface area contributed by atoms with E-state index >= 15 is 0 Å². The Hall–Kier alpha value is -1.77. The fourth-order valence-corrected chi connectivity index (χ4v) is 5.13. The van der Waals surface area contributed by atoms with Gasteiger partial charge in [-0.05, 0) is 68.0 Å². The number of aromatic nitrogens is 1. The van der Waals surface area contributed by atoms with E-state index in [0.29, 0.717) is 6.04 Å². The summed E-state index contributed by atoms with van der Waals surface area (Å²) < 4.78 is 2.63. The van der Waals surface area contributed by atoms with Crippen molar-refractivity contribution in [1.82, 2.24) is 9.47 Å². The summed E-state index contributed by atoms with van der Waals surface area (Å²) >= 11 is 6.07. The predicted molar refractivity (Wildman–Crippen MR) is 109 cm³/mol. The van der Waals surface area contributed by atoms with Gasteiger partial charge in [-0.15, -0.1) is 0 Å². The molecule has 0 bridgehead atoms. The summed E-state index contributed by atoms with van der Waals surface area (Å²) in [5.74, 6) is 0. The molecule has 0 radical (unpaired) electrons. The fourth-order valence-electron chi connectivity index (χ4n) is 5.01. The second-order valence-corrected chi connectivity index (χ2v) is 8.33. The third-order valence-corrected chi connectivity index (χ3v) is 6.41. The van der Waals surface area contributed by atoms with Crippen LogP contribution in [0.3, 0.4) is 0 Å². The number of fused-ring (bicyclic) bond motifs is 3. The molecule has 2 heterocycles. The lowest BCUT2D eigenvalue weighted by Crippen LogP contribution is -2.30. The van der Waals surface area contributed by atoms with Gasteiger partial charge >= 0.3 is 0 Å². The summed E-state index contributed by atoms with van der Waals surface area (Å²) in [6, 6.07) is 15.9. The molecule has 3 heteroatoms. The molecular formula is C23H25ClN2. The molecule has 0 spiro atoms. The molecule has 2 nitrogen and oxygen atoms in total. The van der Waals surface area contributed by atoms with E-state index in [0.717, 1.165) is 18.1 Å². The van der Waals surface area contributed by atoms with E-state index in [4.69, 9.17) is 11.6 Å². The van der Waals surface area contributed by atoms with Crippen LogP contribution in [0.25, 0.3) is 10.9 Å². The molecule has 0 fully saturated rings. The van der Waals surface area contributed by atoms with Crippen molar-refractivity contribution in [1.29, 1.82) is 0 Å². The number of nitrogens with zero attached hydrogens (tertiary/aromatic N) is 2. The Morgan fingerprint density at radius 2 is 1.88 bits per heavy atom. The first-order valence-corrected chi connectivity index (χ1v) is 10.2. The average Bonchev–Trinajstić information content (AvgIpc) is 2.83. The van der Waals surface area contributed by atoms with Crippen molar-refractivity contribution in [2.24, 2.45) is 0 Å². The zero-order chi connectivity index (χ0) is 17.7. The second-order valence-electron chi connectivity index (χ2n) is 7.89. The van der Waals surface area contributed by atoms with Gasteiger partial charge in [-0.2, -0.15) is 0 Å². The third kappa shape index (κ3) is 2.67. The van der Waals surface area contributed by atoms with Crippen molar-refractivity contribution in [2.45, 2.75) is 51.7 Å². The van der Waals surface area contributed by atoms with Gasteiger partial charge in [0.15, 0.2) is 0 Å². The first-order chi connectivity index (χ1) is 12.7. The van der Waals surface area contributed by atoms with Gasteiger partial charge in [0.1, 0.15) is 0 Å². The van der Waals surface area contributed by atoms with Crippen molar-refractivity contribution < 1.29 is 0 Å². The maximum Gasteiger partial charge on any atom is 0.0507 e. The molecule has 134 valence electrons. The largest absolute Gasteiger partial charge is 0.343 e. The third-order valence-electron chi connectivity index (χ3n) is 6.15. The number of rotatable bonds is 2. The number of hydrogen-bond donors (Lipinski definition) is 0. The Morgan fingerprint density at radius 1 is 1.04 bits per heavy atom. The summed E-state index contributed by atoms with van der Waals surface area (Å²) in [7, 11) is 0. The average molecular weight is 365 g/mol. The molecule has 26 heavy (non-hydrogen) atoms. The van der Waals surface area contributed by atoms with Gasteiger partial charge < -0.3 is 4.57 Å². The zero-order valence-corrected chi connectivity index (χ0v) is 16.1. The van der Waals surface area contributed by atoms with E-state index in [9.17, 15) is 0 Å². The molecule has 0 amide bonds. The lowest BCUT2D eigenvalue weighted by Gasteiger charge is -2.33. The molecule has 1 aromatic heterocycles. The van der Waals surface area contributed by atoms with Gasteiger partial charge in [-0.25, -0.2) is 0 Å². The van der Waals surface area contributed by atoms with Crippen LogP contribution >= 0.6 is 11.6 Å². The van der Waals surface area contributed by atoms with Crippen molar-refractivity contribution >= 4 is 22.5 Å². The quantitative estimate of drug-likeness (QED) is 0.550. The predicted octanol–water partition coefficient (Wildman–Crippen LogP) is 5.89. The number of benzene rings is 2. The second kappa shape index (κ2) is 6.44. The first kappa shape index (κ1) is 16.4. The molecule has 1 atom stereocenters. The summed E-state index contributed by atoms with van der Waals surface area (Å²) in [6.07, 6.45) is 5.01. The number of hydrogen-bond acceptors (Lipinski definition) is 1. The normalized spacial score (nSPS) is 20.2. The van der Waals surface area contributed by atoms with Crippen LogP contribution in [0, 0.1) is 6.92 Å². The van der Waals surface area contributed by atoms with E-state index in [-0.39, 0.29) is 0 Å². The van der Waals surface area contributed by atoms with Crippen LogP contribution in [-0.2, 0) is 19.5 Å². The molecule has 1 aliphatic carbocycles. The van der Waals surface area contributed by atoms with E-state index < -0.39 is 0 Å². The highest BCUT2D eigenvalue weighted by Crippen LogP contribution is 2.42. The maximum absolute atomic E-state index is 6.07. The minimum Gasteiger partial charge on any atom is -0.343 e. The highest BCUT2D eigenvalue weighted by atomic mass is 35.5. The van der Waals surface area contributed by atoms with Crippen LogP contribution in [0.4, 0.5) is 0 Å². The zero-order valence-electron chi connectivity index (χ0n) is 15.3. The molecule has 1 aliphatic heterocycles. The molecule has 2 aromatic carbocycles. The first-order valence-electron chi connectivity index (χ1n) is 9.81. The summed E-state index contributed by atoms with van der Waals surface area (Å²) in [5, 5.41) is 2.32. The number of aryl methyl sites for hydroxylation is 3. The monoisotopic (exact) mass is 364 g/mol. The van der Waals surface area contributed by atoms with Gasteiger partial charge in [0.05, 0.1) is 6.04 Å². The van der Waals surface area contributed by atoms with Crippen LogP contribution in [-0.4, -0.2) is 16.0 Å². The lowest BCUT2D eigenvalue weighted by molar-refractivity contribution is 0.173. The smallest absolute Gasteiger partial charge is 0.0507 e. The van der Waals surface area contributed by atoms with E-state index in [2.05, 4.69) is 46.7 Å². The minimum atomic E-state index is 0.546. The van der Waals surface area contributed by atoms with Crippen LogP contribution < -0.4 is 0 Å². The van der Waals surface area contributed by atoms with Gasteiger partial charge in [-0.1, -0.05) is 35.4 Å². The van der Waals surface area contributed by atoms with Crippen molar-refractivity contribution in [3.05, 3.63) is 69.9 Å². The Kier molecular flexibility index (Phi) is 4.06. The topological polar surface area (TPSA) is 8.17 Å². The minimum absolute atomic E-state index is 0.546. The van der Waals surface area contributed by atoms with Crippen LogP contribution in [0.15, 0.2) is 42.5 Å². The Bertz CT molecular complexity index is 951. The van der Waals surface area contributed by atoms with Crippen LogP contribution in [0.5, 0.6) is 0 Å². The standard InChI is InChI=1S/C23H25ClN2/c1-16-6-11-21-20(14-16)19-4-2-5-22-23(19)26(21)13-3-12-25(22)15-17-7-9-18(24)10-8-17/h6-11,14,22H,2-5,12-13,15H2,1H3. The van der Waals surface area contributed by atoms with Crippen molar-refractivity contribution in [2.75, 3.05) is 6.54 Å². The summed E-state index contributed by atoms with van der Waals surface area (Å²) in [6.45, 7) is 5.54. The van der Waals surface area contributed by atoms with Crippen molar-refractivity contribution in [3.63, 3.8) is 0 Å². The Morgan fingerprint density at radius 3 is 2.73 bits per heavy atom. The molecule has 2 aliphatic rings. The molecule has 0 saturated heterocycles. The Labute approximate surface area is 160 Å².